The molecule has 4 rings (SSSR count). The van der Waals surface area contributed by atoms with Crippen molar-refractivity contribution in [2.24, 2.45) is 5.92 Å². The van der Waals surface area contributed by atoms with E-state index in [0.717, 1.165) is 41.3 Å². The Labute approximate surface area is 133 Å². The highest BCUT2D eigenvalue weighted by atomic mass is 16.3. The molecule has 1 aliphatic rings. The van der Waals surface area contributed by atoms with Crippen LogP contribution >= 0.6 is 0 Å². The first kappa shape index (κ1) is 14.2. The molecule has 0 saturated heterocycles. The van der Waals surface area contributed by atoms with Gasteiger partial charge in [0.25, 0.3) is 0 Å². The third-order valence-electron chi connectivity index (χ3n) is 4.89. The summed E-state index contributed by atoms with van der Waals surface area (Å²) in [5, 5.41) is 20.2. The molecule has 6 heteroatoms. The summed E-state index contributed by atoms with van der Waals surface area (Å²) in [5.41, 5.74) is 2.69. The largest absolute Gasteiger partial charge is 0.385 e. The van der Waals surface area contributed by atoms with Gasteiger partial charge in [-0.3, -0.25) is 0 Å². The van der Waals surface area contributed by atoms with Crippen molar-refractivity contribution in [1.29, 1.82) is 5.26 Å². The number of imidazole rings is 1. The highest BCUT2D eigenvalue weighted by Crippen LogP contribution is 2.40. The first-order chi connectivity index (χ1) is 11.2. The van der Waals surface area contributed by atoms with Crippen molar-refractivity contribution in [2.75, 3.05) is 0 Å². The highest BCUT2D eigenvalue weighted by Gasteiger charge is 2.30. The van der Waals surface area contributed by atoms with Crippen molar-refractivity contribution in [3.8, 4) is 6.07 Å². The number of aromatic nitrogens is 4. The Hall–Kier alpha value is -2.39. The molecular formula is C17H19N5O. The zero-order chi connectivity index (χ0) is 16.0. The molecular weight excluding hydrogens is 290 g/mol. The van der Waals surface area contributed by atoms with Gasteiger partial charge in [-0.1, -0.05) is 0 Å². The SMILES string of the molecule is C[C@@H](O)c1nc2cnc3[nH]ccc3c2n1[C@H]1CC[C@@H](CC#N)C1. The summed E-state index contributed by atoms with van der Waals surface area (Å²) in [5.74, 6) is 1.13. The Morgan fingerprint density at radius 3 is 3.17 bits per heavy atom. The molecule has 6 nitrogen and oxygen atoms in total. The van der Waals surface area contributed by atoms with Gasteiger partial charge in [-0.05, 0) is 38.2 Å². The fraction of sp³-hybridized carbons (Fsp3) is 0.471. The fourth-order valence-electron chi connectivity index (χ4n) is 3.87. The first-order valence-electron chi connectivity index (χ1n) is 8.08. The van der Waals surface area contributed by atoms with Gasteiger partial charge >= 0.3 is 0 Å². The monoisotopic (exact) mass is 309 g/mol. The smallest absolute Gasteiger partial charge is 0.139 e. The topological polar surface area (TPSA) is 90.5 Å². The first-order valence-corrected chi connectivity index (χ1v) is 8.08. The van der Waals surface area contributed by atoms with E-state index in [2.05, 4.69) is 25.6 Å². The average Bonchev–Trinajstić information content (AvgIpc) is 3.23. The van der Waals surface area contributed by atoms with Gasteiger partial charge in [0.15, 0.2) is 0 Å². The van der Waals surface area contributed by atoms with Crippen molar-refractivity contribution in [3.05, 3.63) is 24.3 Å². The molecule has 3 aromatic heterocycles. The zero-order valence-corrected chi connectivity index (χ0v) is 13.0. The standard InChI is InChI=1S/C17H19N5O/c1-10(23)17-21-14-9-20-16-13(5-7-19-16)15(14)22(17)12-3-2-11(8-12)4-6-18/h5,7,9-12,23H,2-4,8H2,1H3,(H,19,20)/t10-,11+,12+/m1/s1. The van der Waals surface area contributed by atoms with Crippen LogP contribution in [0, 0.1) is 17.2 Å². The molecule has 0 radical (unpaired) electrons. The van der Waals surface area contributed by atoms with Crippen molar-refractivity contribution < 1.29 is 5.11 Å². The lowest BCUT2D eigenvalue weighted by molar-refractivity contribution is 0.181. The van der Waals surface area contributed by atoms with Crippen molar-refractivity contribution >= 4 is 22.1 Å². The molecule has 2 N–H and O–H groups in total. The molecule has 0 bridgehead atoms. The lowest BCUT2D eigenvalue weighted by atomic mass is 10.0. The van der Waals surface area contributed by atoms with Gasteiger partial charge in [0.1, 0.15) is 23.1 Å². The molecule has 0 spiro atoms. The van der Waals surface area contributed by atoms with Gasteiger partial charge in [0.05, 0.1) is 17.8 Å². The molecule has 23 heavy (non-hydrogen) atoms. The van der Waals surface area contributed by atoms with Crippen molar-refractivity contribution in [1.82, 2.24) is 19.5 Å². The number of aliphatic hydroxyl groups excluding tert-OH is 1. The van der Waals surface area contributed by atoms with Crippen LogP contribution in [0.1, 0.15) is 50.6 Å². The van der Waals surface area contributed by atoms with E-state index in [-0.39, 0.29) is 6.04 Å². The molecule has 0 aromatic carbocycles. The van der Waals surface area contributed by atoms with Crippen LogP contribution < -0.4 is 0 Å². The summed E-state index contributed by atoms with van der Waals surface area (Å²) in [7, 11) is 0. The van der Waals surface area contributed by atoms with Crippen LogP contribution in [0.5, 0.6) is 0 Å². The van der Waals surface area contributed by atoms with Crippen LogP contribution in [-0.4, -0.2) is 24.6 Å². The number of nitrogens with zero attached hydrogens (tertiary/aromatic N) is 4. The number of hydrogen-bond acceptors (Lipinski definition) is 4. The van der Waals surface area contributed by atoms with E-state index in [1.165, 1.54) is 0 Å². The molecule has 1 fully saturated rings. The number of hydrogen-bond donors (Lipinski definition) is 2. The van der Waals surface area contributed by atoms with Crippen LogP contribution in [0.4, 0.5) is 0 Å². The van der Waals surface area contributed by atoms with E-state index >= 15 is 0 Å². The summed E-state index contributed by atoms with van der Waals surface area (Å²) in [6.07, 6.45) is 6.65. The average molecular weight is 309 g/mol. The zero-order valence-electron chi connectivity index (χ0n) is 13.0. The van der Waals surface area contributed by atoms with E-state index in [1.54, 1.807) is 13.1 Å². The normalized spacial score (nSPS) is 22.7. The molecule has 1 saturated carbocycles. The molecule has 3 aromatic rings. The van der Waals surface area contributed by atoms with E-state index < -0.39 is 6.10 Å². The van der Waals surface area contributed by atoms with Crippen LogP contribution in [0.2, 0.25) is 0 Å². The maximum Gasteiger partial charge on any atom is 0.139 e. The number of H-pyrrole nitrogens is 1. The maximum atomic E-state index is 10.2. The minimum Gasteiger partial charge on any atom is -0.385 e. The summed E-state index contributed by atoms with van der Waals surface area (Å²) in [6.45, 7) is 1.75. The number of pyridine rings is 1. The highest BCUT2D eigenvalue weighted by molar-refractivity contribution is 6.01. The Morgan fingerprint density at radius 1 is 1.52 bits per heavy atom. The van der Waals surface area contributed by atoms with Gasteiger partial charge in [-0.2, -0.15) is 5.26 Å². The van der Waals surface area contributed by atoms with Crippen molar-refractivity contribution in [3.63, 3.8) is 0 Å². The number of fused-ring (bicyclic) bond motifs is 3. The van der Waals surface area contributed by atoms with Crippen LogP contribution in [0.3, 0.4) is 0 Å². The second-order valence-electron chi connectivity index (χ2n) is 6.44. The van der Waals surface area contributed by atoms with E-state index in [1.807, 2.05) is 12.3 Å². The number of rotatable bonds is 3. The number of aromatic amines is 1. The molecule has 118 valence electrons. The lowest BCUT2D eigenvalue weighted by Gasteiger charge is -2.18. The Balaban J connectivity index is 1.91. The minimum atomic E-state index is -0.633. The Kier molecular flexibility index (Phi) is 3.31. The van der Waals surface area contributed by atoms with Gasteiger partial charge in [0.2, 0.25) is 0 Å². The predicted molar refractivity (Wildman–Crippen MR) is 86.6 cm³/mol. The van der Waals surface area contributed by atoms with Gasteiger partial charge in [-0.15, -0.1) is 0 Å². The van der Waals surface area contributed by atoms with Crippen LogP contribution in [-0.2, 0) is 0 Å². The summed E-state index contributed by atoms with van der Waals surface area (Å²) in [6, 6.07) is 4.58. The molecule has 1 aliphatic carbocycles. The van der Waals surface area contributed by atoms with E-state index in [9.17, 15) is 5.11 Å². The van der Waals surface area contributed by atoms with Gasteiger partial charge < -0.3 is 14.7 Å². The third kappa shape index (κ3) is 2.20. The molecule has 0 amide bonds. The second kappa shape index (κ2) is 5.36. The van der Waals surface area contributed by atoms with E-state index in [4.69, 9.17) is 5.26 Å². The summed E-state index contributed by atoms with van der Waals surface area (Å²) >= 11 is 0. The number of aliphatic hydroxyl groups is 1. The quantitative estimate of drug-likeness (QED) is 0.777. The number of nitriles is 1. The Bertz CT molecular complexity index is 901. The maximum absolute atomic E-state index is 10.2. The van der Waals surface area contributed by atoms with Crippen LogP contribution in [0.25, 0.3) is 22.1 Å². The van der Waals surface area contributed by atoms with Crippen molar-refractivity contribution in [2.45, 2.75) is 44.8 Å². The molecule has 3 atom stereocenters. The third-order valence-corrected chi connectivity index (χ3v) is 4.89. The van der Waals surface area contributed by atoms with Crippen LogP contribution in [0.15, 0.2) is 18.5 Å². The van der Waals surface area contributed by atoms with Gasteiger partial charge in [-0.25, -0.2) is 9.97 Å². The van der Waals surface area contributed by atoms with E-state index in [0.29, 0.717) is 18.2 Å². The van der Waals surface area contributed by atoms with Gasteiger partial charge in [0, 0.05) is 24.0 Å². The Morgan fingerprint density at radius 2 is 2.39 bits per heavy atom. The fourth-order valence-corrected chi connectivity index (χ4v) is 3.87. The predicted octanol–water partition coefficient (Wildman–Crippen LogP) is 3.22. The molecule has 3 heterocycles. The minimum absolute atomic E-state index is 0.281. The molecule has 0 aliphatic heterocycles. The lowest BCUT2D eigenvalue weighted by Crippen LogP contribution is -2.12. The molecule has 0 unspecified atom stereocenters. The second-order valence-corrected chi connectivity index (χ2v) is 6.44. The summed E-state index contributed by atoms with van der Waals surface area (Å²) in [4.78, 5) is 12.2. The summed E-state index contributed by atoms with van der Waals surface area (Å²) < 4.78 is 2.19. The number of nitrogens with one attached hydrogen (secondary N) is 1.